The van der Waals surface area contributed by atoms with Crippen molar-refractivity contribution in [2.24, 2.45) is 0 Å². The van der Waals surface area contributed by atoms with E-state index >= 15 is 0 Å². The van der Waals surface area contributed by atoms with Gasteiger partial charge in [0.25, 0.3) is 0 Å². The third-order valence-corrected chi connectivity index (χ3v) is 4.34. The Balaban J connectivity index is 2.36. The summed E-state index contributed by atoms with van der Waals surface area (Å²) in [5, 5.41) is 0. The lowest BCUT2D eigenvalue weighted by Gasteiger charge is -2.08. The molecule has 1 aromatic carbocycles. The summed E-state index contributed by atoms with van der Waals surface area (Å²) in [6.45, 7) is 3.68. The van der Waals surface area contributed by atoms with Gasteiger partial charge in [0.2, 0.25) is 9.84 Å². The molecular formula is C12H13FO3S. The Morgan fingerprint density at radius 2 is 2.06 bits per heavy atom. The van der Waals surface area contributed by atoms with Crippen molar-refractivity contribution in [1.29, 1.82) is 0 Å². The van der Waals surface area contributed by atoms with Crippen LogP contribution in [-0.4, -0.2) is 21.1 Å². The molecule has 0 aliphatic carbocycles. The molecule has 1 heterocycles. The molecule has 0 spiro atoms. The van der Waals surface area contributed by atoms with Gasteiger partial charge in [-0.3, -0.25) is 0 Å². The van der Waals surface area contributed by atoms with E-state index in [0.29, 0.717) is 5.56 Å². The molecule has 0 radical (unpaired) electrons. The zero-order valence-corrected chi connectivity index (χ0v) is 10.4. The lowest BCUT2D eigenvalue weighted by Crippen LogP contribution is -2.11. The lowest BCUT2D eigenvalue weighted by molar-refractivity contribution is 0.101. The van der Waals surface area contributed by atoms with E-state index in [9.17, 15) is 12.8 Å². The fourth-order valence-corrected chi connectivity index (χ4v) is 3.11. The summed E-state index contributed by atoms with van der Waals surface area (Å²) in [6, 6.07) is 3.76. The Kier molecular flexibility index (Phi) is 3.05. The van der Waals surface area contributed by atoms with Gasteiger partial charge in [0.05, 0.1) is 22.5 Å². The van der Waals surface area contributed by atoms with Crippen molar-refractivity contribution in [1.82, 2.24) is 0 Å². The molecule has 92 valence electrons. The molecule has 17 heavy (non-hydrogen) atoms. The number of halogens is 1. The van der Waals surface area contributed by atoms with E-state index in [4.69, 9.17) is 4.74 Å². The molecule has 0 amide bonds. The van der Waals surface area contributed by atoms with Gasteiger partial charge in [-0.2, -0.15) is 0 Å². The number of benzene rings is 1. The van der Waals surface area contributed by atoms with Crippen molar-refractivity contribution < 1.29 is 17.5 Å². The number of rotatable bonds is 3. The van der Waals surface area contributed by atoms with Crippen molar-refractivity contribution in [2.45, 2.75) is 24.8 Å². The van der Waals surface area contributed by atoms with Crippen LogP contribution in [0.4, 0.5) is 4.39 Å². The zero-order valence-electron chi connectivity index (χ0n) is 9.60. The third-order valence-electron chi connectivity index (χ3n) is 2.49. The van der Waals surface area contributed by atoms with Crippen LogP contribution >= 0.6 is 0 Å². The van der Waals surface area contributed by atoms with Crippen LogP contribution in [0.5, 0.6) is 0 Å². The van der Waals surface area contributed by atoms with Gasteiger partial charge in [-0.1, -0.05) is 6.07 Å². The molecule has 1 aliphatic heterocycles. The van der Waals surface area contributed by atoms with Gasteiger partial charge >= 0.3 is 0 Å². The first-order valence-corrected chi connectivity index (χ1v) is 6.76. The Bertz CT molecular complexity index is 573. The van der Waals surface area contributed by atoms with Crippen LogP contribution in [0.3, 0.4) is 0 Å². The minimum absolute atomic E-state index is 0.0241. The summed E-state index contributed by atoms with van der Waals surface area (Å²) in [6.07, 6.45) is 1.48. The number of sulfone groups is 1. The number of ether oxygens (including phenoxy) is 1. The maximum Gasteiger partial charge on any atom is 0.205 e. The molecule has 0 unspecified atom stereocenters. The van der Waals surface area contributed by atoms with Crippen molar-refractivity contribution >= 4 is 15.9 Å². The molecule has 1 aliphatic rings. The fourth-order valence-electron chi connectivity index (χ4n) is 1.62. The van der Waals surface area contributed by atoms with E-state index in [1.807, 2.05) is 13.8 Å². The highest BCUT2D eigenvalue weighted by Gasteiger charge is 2.30. The molecule has 5 heteroatoms. The monoisotopic (exact) mass is 256 g/mol. The first-order chi connectivity index (χ1) is 7.91. The van der Waals surface area contributed by atoms with Crippen molar-refractivity contribution in [2.75, 3.05) is 6.61 Å². The van der Waals surface area contributed by atoms with Gasteiger partial charge in [0.15, 0.2) is 0 Å². The number of fused-ring (bicyclic) bond motifs is 1. The Labute approximate surface area is 99.8 Å². The standard InChI is InChI=1S/C12H13FO3S/c1-8(2)16-7-11-5-9-3-4-10(13)6-12(9)17(11,14)15/h3-6,8H,7H2,1-2H3. The highest BCUT2D eigenvalue weighted by atomic mass is 32.2. The normalized spacial score (nSPS) is 17.1. The van der Waals surface area contributed by atoms with Gasteiger partial charge in [-0.15, -0.1) is 0 Å². The molecule has 0 fully saturated rings. The van der Waals surface area contributed by atoms with Crippen molar-refractivity contribution in [3.63, 3.8) is 0 Å². The maximum absolute atomic E-state index is 13.0. The highest BCUT2D eigenvalue weighted by Crippen LogP contribution is 2.33. The van der Waals surface area contributed by atoms with Crippen molar-refractivity contribution in [3.05, 3.63) is 34.5 Å². The van der Waals surface area contributed by atoms with E-state index in [1.165, 1.54) is 18.2 Å². The Hall–Kier alpha value is -1.20. The van der Waals surface area contributed by atoms with Gasteiger partial charge < -0.3 is 4.74 Å². The molecule has 3 nitrogen and oxygen atoms in total. The highest BCUT2D eigenvalue weighted by molar-refractivity contribution is 7.95. The summed E-state index contributed by atoms with van der Waals surface area (Å²) < 4.78 is 42.4. The largest absolute Gasteiger partial charge is 0.373 e. The minimum Gasteiger partial charge on any atom is -0.373 e. The number of hydrogen-bond donors (Lipinski definition) is 0. The van der Waals surface area contributed by atoms with E-state index in [2.05, 4.69) is 0 Å². The topological polar surface area (TPSA) is 43.4 Å². The number of hydrogen-bond acceptors (Lipinski definition) is 3. The molecule has 0 aromatic heterocycles. The second-order valence-corrected chi connectivity index (χ2v) is 6.13. The predicted molar refractivity (Wildman–Crippen MR) is 62.7 cm³/mol. The summed E-state index contributed by atoms with van der Waals surface area (Å²) in [5.41, 5.74) is 0.522. The van der Waals surface area contributed by atoms with E-state index in [1.54, 1.807) is 0 Å². The Morgan fingerprint density at radius 3 is 2.71 bits per heavy atom. The van der Waals surface area contributed by atoms with Crippen LogP contribution in [0.25, 0.3) is 6.08 Å². The summed E-state index contributed by atoms with van der Waals surface area (Å²) in [4.78, 5) is 0.214. The quantitative estimate of drug-likeness (QED) is 0.834. The third kappa shape index (κ3) is 2.25. The summed E-state index contributed by atoms with van der Waals surface area (Å²) >= 11 is 0. The first kappa shape index (κ1) is 12.3. The van der Waals surface area contributed by atoms with E-state index < -0.39 is 15.7 Å². The van der Waals surface area contributed by atoms with Crippen LogP contribution < -0.4 is 0 Å². The molecule has 0 bridgehead atoms. The van der Waals surface area contributed by atoms with Crippen LogP contribution in [-0.2, 0) is 14.6 Å². The molecule has 1 aromatic rings. The minimum atomic E-state index is -3.57. The van der Waals surface area contributed by atoms with Crippen LogP contribution in [0.15, 0.2) is 28.0 Å². The second kappa shape index (κ2) is 4.23. The molecule has 0 saturated carbocycles. The predicted octanol–water partition coefficient (Wildman–Crippen LogP) is 2.38. The summed E-state index contributed by atoms with van der Waals surface area (Å²) in [7, 11) is -3.57. The maximum atomic E-state index is 13.0. The zero-order chi connectivity index (χ0) is 12.6. The van der Waals surface area contributed by atoms with Crippen LogP contribution in [0.1, 0.15) is 19.4 Å². The van der Waals surface area contributed by atoms with Crippen molar-refractivity contribution in [3.8, 4) is 0 Å². The molecule has 0 N–H and O–H groups in total. The average molecular weight is 256 g/mol. The van der Waals surface area contributed by atoms with E-state index in [0.717, 1.165) is 6.07 Å². The lowest BCUT2D eigenvalue weighted by atomic mass is 10.2. The fraction of sp³-hybridized carbons (Fsp3) is 0.333. The van der Waals surface area contributed by atoms with Gasteiger partial charge in [0, 0.05) is 0 Å². The molecule has 0 saturated heterocycles. The molecule has 0 atom stereocenters. The molecule has 2 rings (SSSR count). The second-order valence-electron chi connectivity index (χ2n) is 4.16. The van der Waals surface area contributed by atoms with Crippen LogP contribution in [0.2, 0.25) is 0 Å². The van der Waals surface area contributed by atoms with Gasteiger partial charge in [-0.05, 0) is 37.6 Å². The SMILES string of the molecule is CC(C)OCC1=Cc2ccc(F)cc2S1(=O)=O. The summed E-state index contributed by atoms with van der Waals surface area (Å²) in [5.74, 6) is -0.549. The smallest absolute Gasteiger partial charge is 0.205 e. The molecular weight excluding hydrogens is 243 g/mol. The average Bonchev–Trinajstić information content (AvgIpc) is 2.48. The van der Waals surface area contributed by atoms with Gasteiger partial charge in [0.1, 0.15) is 5.82 Å². The van der Waals surface area contributed by atoms with Gasteiger partial charge in [-0.25, -0.2) is 12.8 Å². The first-order valence-electron chi connectivity index (χ1n) is 5.28. The van der Waals surface area contributed by atoms with E-state index in [-0.39, 0.29) is 22.5 Å². The van der Waals surface area contributed by atoms with Crippen LogP contribution in [0, 0.1) is 5.82 Å². The Morgan fingerprint density at radius 1 is 1.35 bits per heavy atom.